The van der Waals surface area contributed by atoms with E-state index in [1.54, 1.807) is 24.3 Å². The van der Waals surface area contributed by atoms with Gasteiger partial charge in [0.05, 0.1) is 0 Å². The minimum atomic E-state index is -0.493. The number of rotatable bonds is 4. The highest BCUT2D eigenvalue weighted by Crippen LogP contribution is 2.30. The zero-order valence-corrected chi connectivity index (χ0v) is 12.5. The third-order valence-electron chi connectivity index (χ3n) is 3.06. The van der Waals surface area contributed by atoms with Gasteiger partial charge in [0.15, 0.2) is 0 Å². The molecule has 0 aliphatic carbocycles. The molecule has 0 aliphatic heterocycles. The standard InChI is InChI=1S/C18H14F2N2O2/c19-11-4-13(21)8-17(6-11)23-15-2-1-3-16(10-15)24-18-7-12(20)5-14(22)9-18/h1-10H,21-22H2. The van der Waals surface area contributed by atoms with E-state index >= 15 is 0 Å². The summed E-state index contributed by atoms with van der Waals surface area (Å²) in [5, 5.41) is 0. The molecule has 122 valence electrons. The topological polar surface area (TPSA) is 70.5 Å². The first-order valence-corrected chi connectivity index (χ1v) is 7.06. The monoisotopic (exact) mass is 328 g/mol. The Hall–Kier alpha value is -3.28. The summed E-state index contributed by atoms with van der Waals surface area (Å²) in [6.45, 7) is 0. The summed E-state index contributed by atoms with van der Waals surface area (Å²) >= 11 is 0. The summed E-state index contributed by atoms with van der Waals surface area (Å²) < 4.78 is 37.8. The Bertz CT molecular complexity index is 775. The van der Waals surface area contributed by atoms with Crippen LogP contribution >= 0.6 is 0 Å². The number of nitrogen functional groups attached to an aromatic ring is 2. The van der Waals surface area contributed by atoms with E-state index in [1.165, 1.54) is 36.4 Å². The average molecular weight is 328 g/mol. The Morgan fingerprint density at radius 3 is 1.46 bits per heavy atom. The van der Waals surface area contributed by atoms with Crippen LogP contribution in [0.15, 0.2) is 60.7 Å². The molecule has 24 heavy (non-hydrogen) atoms. The second-order valence-electron chi connectivity index (χ2n) is 5.12. The Morgan fingerprint density at radius 2 is 1.04 bits per heavy atom. The molecule has 0 spiro atoms. The van der Waals surface area contributed by atoms with Crippen molar-refractivity contribution >= 4 is 11.4 Å². The Kier molecular flexibility index (Phi) is 4.20. The van der Waals surface area contributed by atoms with Crippen LogP contribution in [-0.2, 0) is 0 Å². The van der Waals surface area contributed by atoms with Crippen LogP contribution in [0.2, 0.25) is 0 Å². The molecule has 0 unspecified atom stereocenters. The minimum Gasteiger partial charge on any atom is -0.457 e. The van der Waals surface area contributed by atoms with Gasteiger partial charge in [-0.15, -0.1) is 0 Å². The first kappa shape index (κ1) is 15.6. The summed E-state index contributed by atoms with van der Waals surface area (Å²) in [4.78, 5) is 0. The van der Waals surface area contributed by atoms with E-state index in [4.69, 9.17) is 20.9 Å². The molecular weight excluding hydrogens is 314 g/mol. The maximum absolute atomic E-state index is 13.3. The smallest absolute Gasteiger partial charge is 0.132 e. The van der Waals surface area contributed by atoms with Gasteiger partial charge in [0, 0.05) is 41.7 Å². The largest absolute Gasteiger partial charge is 0.457 e. The van der Waals surface area contributed by atoms with Crippen molar-refractivity contribution in [3.63, 3.8) is 0 Å². The first-order valence-electron chi connectivity index (χ1n) is 7.06. The van der Waals surface area contributed by atoms with Gasteiger partial charge in [-0.25, -0.2) is 8.78 Å². The van der Waals surface area contributed by atoms with Gasteiger partial charge in [0.2, 0.25) is 0 Å². The number of anilines is 2. The molecule has 0 amide bonds. The summed E-state index contributed by atoms with van der Waals surface area (Å²) in [6.07, 6.45) is 0. The third kappa shape index (κ3) is 3.92. The van der Waals surface area contributed by atoms with E-state index in [0.717, 1.165) is 0 Å². The molecule has 4 nitrogen and oxygen atoms in total. The fraction of sp³-hybridized carbons (Fsp3) is 0. The number of ether oxygens (including phenoxy) is 2. The molecule has 6 heteroatoms. The summed E-state index contributed by atoms with van der Waals surface area (Å²) in [5.41, 5.74) is 11.7. The van der Waals surface area contributed by atoms with Gasteiger partial charge in [-0.05, 0) is 24.3 Å². The highest BCUT2D eigenvalue weighted by atomic mass is 19.1. The molecule has 0 saturated heterocycles. The molecular formula is C18H14F2N2O2. The Labute approximate surface area is 137 Å². The van der Waals surface area contributed by atoms with Crippen LogP contribution in [0.5, 0.6) is 23.0 Å². The third-order valence-corrected chi connectivity index (χ3v) is 3.06. The molecule has 0 bridgehead atoms. The number of benzene rings is 3. The highest BCUT2D eigenvalue weighted by molar-refractivity contribution is 5.48. The van der Waals surface area contributed by atoms with Gasteiger partial charge in [-0.1, -0.05) is 6.07 Å². The maximum atomic E-state index is 13.3. The number of nitrogens with two attached hydrogens (primary N) is 2. The molecule has 3 aromatic carbocycles. The minimum absolute atomic E-state index is 0.257. The number of hydrogen-bond acceptors (Lipinski definition) is 4. The summed E-state index contributed by atoms with van der Waals surface area (Å²) in [6, 6.07) is 14.5. The van der Waals surface area contributed by atoms with Crippen molar-refractivity contribution in [1.29, 1.82) is 0 Å². The van der Waals surface area contributed by atoms with E-state index in [-0.39, 0.29) is 22.9 Å². The lowest BCUT2D eigenvalue weighted by Crippen LogP contribution is -1.92. The van der Waals surface area contributed by atoms with Crippen molar-refractivity contribution in [2.24, 2.45) is 0 Å². The molecule has 3 rings (SSSR count). The maximum Gasteiger partial charge on any atom is 0.132 e. The van der Waals surface area contributed by atoms with E-state index < -0.39 is 11.6 Å². The van der Waals surface area contributed by atoms with Crippen LogP contribution in [-0.4, -0.2) is 0 Å². The SMILES string of the molecule is Nc1cc(F)cc(Oc2cccc(Oc3cc(N)cc(F)c3)c2)c1. The molecule has 0 saturated carbocycles. The van der Waals surface area contributed by atoms with Crippen molar-refractivity contribution < 1.29 is 18.3 Å². The second-order valence-corrected chi connectivity index (χ2v) is 5.12. The normalized spacial score (nSPS) is 10.4. The first-order chi connectivity index (χ1) is 11.5. The van der Waals surface area contributed by atoms with Gasteiger partial charge in [0.1, 0.15) is 34.6 Å². The molecule has 4 N–H and O–H groups in total. The van der Waals surface area contributed by atoms with E-state index in [2.05, 4.69) is 0 Å². The lowest BCUT2D eigenvalue weighted by Gasteiger charge is -2.10. The van der Waals surface area contributed by atoms with E-state index in [9.17, 15) is 8.78 Å². The number of halogens is 2. The predicted octanol–water partition coefficient (Wildman–Crippen LogP) is 4.71. The van der Waals surface area contributed by atoms with Crippen molar-refractivity contribution in [3.8, 4) is 23.0 Å². The van der Waals surface area contributed by atoms with E-state index in [1.807, 2.05) is 0 Å². The van der Waals surface area contributed by atoms with Crippen LogP contribution in [0.1, 0.15) is 0 Å². The van der Waals surface area contributed by atoms with E-state index in [0.29, 0.717) is 11.5 Å². The summed E-state index contributed by atoms with van der Waals surface area (Å²) in [7, 11) is 0. The van der Waals surface area contributed by atoms with Crippen molar-refractivity contribution in [3.05, 3.63) is 72.3 Å². The fourth-order valence-corrected chi connectivity index (χ4v) is 2.16. The lowest BCUT2D eigenvalue weighted by molar-refractivity contribution is 0.456. The van der Waals surface area contributed by atoms with Gasteiger partial charge in [-0.3, -0.25) is 0 Å². The summed E-state index contributed by atoms with van der Waals surface area (Å²) in [5.74, 6) is 0.378. The zero-order valence-electron chi connectivity index (χ0n) is 12.5. The van der Waals surface area contributed by atoms with Crippen LogP contribution in [0.25, 0.3) is 0 Å². The molecule has 0 fully saturated rings. The number of hydrogen-bond donors (Lipinski definition) is 2. The van der Waals surface area contributed by atoms with Gasteiger partial charge in [0.25, 0.3) is 0 Å². The van der Waals surface area contributed by atoms with Crippen molar-refractivity contribution in [2.75, 3.05) is 11.5 Å². The predicted molar refractivity (Wildman–Crippen MR) is 88.2 cm³/mol. The molecule has 0 radical (unpaired) electrons. The van der Waals surface area contributed by atoms with Gasteiger partial charge in [-0.2, -0.15) is 0 Å². The van der Waals surface area contributed by atoms with Crippen LogP contribution in [0.4, 0.5) is 20.2 Å². The van der Waals surface area contributed by atoms with Crippen LogP contribution < -0.4 is 20.9 Å². The van der Waals surface area contributed by atoms with Crippen molar-refractivity contribution in [2.45, 2.75) is 0 Å². The molecule has 3 aromatic rings. The Morgan fingerprint density at radius 1 is 0.583 bits per heavy atom. The van der Waals surface area contributed by atoms with Crippen LogP contribution in [0.3, 0.4) is 0 Å². The Balaban J connectivity index is 1.81. The second kappa shape index (κ2) is 6.45. The lowest BCUT2D eigenvalue weighted by atomic mass is 10.2. The molecule has 0 heterocycles. The average Bonchev–Trinajstić information content (AvgIpc) is 2.45. The van der Waals surface area contributed by atoms with Gasteiger partial charge >= 0.3 is 0 Å². The van der Waals surface area contributed by atoms with Gasteiger partial charge < -0.3 is 20.9 Å². The molecule has 0 aliphatic rings. The fourth-order valence-electron chi connectivity index (χ4n) is 2.16. The molecule has 0 atom stereocenters. The van der Waals surface area contributed by atoms with Crippen molar-refractivity contribution in [1.82, 2.24) is 0 Å². The zero-order chi connectivity index (χ0) is 17.1. The molecule has 0 aromatic heterocycles. The van der Waals surface area contributed by atoms with Crippen LogP contribution in [0, 0.1) is 11.6 Å². The highest BCUT2D eigenvalue weighted by Gasteiger charge is 2.05. The quantitative estimate of drug-likeness (QED) is 0.680.